The Kier molecular flexibility index (Phi) is 5.52. The van der Waals surface area contributed by atoms with E-state index in [9.17, 15) is 4.79 Å². The van der Waals surface area contributed by atoms with Gasteiger partial charge in [-0.3, -0.25) is 0 Å². The molecule has 4 nitrogen and oxygen atoms in total. The summed E-state index contributed by atoms with van der Waals surface area (Å²) < 4.78 is 7.35. The highest BCUT2D eigenvalue weighted by Crippen LogP contribution is 2.16. The molecule has 0 fully saturated rings. The molecule has 23 heavy (non-hydrogen) atoms. The molecule has 0 unspecified atom stereocenters. The number of hydrogen-bond acceptors (Lipinski definition) is 3. The Labute approximate surface area is 137 Å². The topological polar surface area (TPSA) is 44.1 Å². The molecule has 4 heteroatoms. The van der Waals surface area contributed by atoms with E-state index in [2.05, 4.69) is 34.8 Å². The standard InChI is InChI=1S/C19H22N2O2/c1-5-9-17-15(4)21(12-16-10-7-6-8-11-16)18(20-17)13-23-19(22)14(2)3/h5-8,10-11H,1-2,9,12-13H2,3-4H3. The smallest absolute Gasteiger partial charge is 0.333 e. The molecule has 0 aliphatic rings. The van der Waals surface area contributed by atoms with Crippen molar-refractivity contribution in [3.8, 4) is 0 Å². The van der Waals surface area contributed by atoms with Crippen LogP contribution >= 0.6 is 0 Å². The number of imidazole rings is 1. The Bertz CT molecular complexity index is 714. The van der Waals surface area contributed by atoms with Gasteiger partial charge in [0.25, 0.3) is 0 Å². The maximum Gasteiger partial charge on any atom is 0.333 e. The van der Waals surface area contributed by atoms with Gasteiger partial charge in [-0.2, -0.15) is 0 Å². The van der Waals surface area contributed by atoms with Gasteiger partial charge in [0.05, 0.1) is 5.69 Å². The molecule has 1 aromatic carbocycles. The third-order valence-corrected chi connectivity index (χ3v) is 3.60. The van der Waals surface area contributed by atoms with Crippen LogP contribution in [0, 0.1) is 6.92 Å². The molecular weight excluding hydrogens is 288 g/mol. The van der Waals surface area contributed by atoms with Crippen molar-refractivity contribution in [2.75, 3.05) is 0 Å². The molecule has 0 radical (unpaired) electrons. The summed E-state index contributed by atoms with van der Waals surface area (Å²) in [5.41, 5.74) is 3.58. The summed E-state index contributed by atoms with van der Waals surface area (Å²) in [6.07, 6.45) is 2.51. The highest BCUT2D eigenvalue weighted by atomic mass is 16.5. The molecule has 1 heterocycles. The monoisotopic (exact) mass is 310 g/mol. The number of nitrogens with zero attached hydrogens (tertiary/aromatic N) is 2. The van der Waals surface area contributed by atoms with Gasteiger partial charge < -0.3 is 9.30 Å². The highest BCUT2D eigenvalue weighted by molar-refractivity contribution is 5.86. The van der Waals surface area contributed by atoms with Crippen molar-refractivity contribution in [2.45, 2.75) is 33.4 Å². The SMILES string of the molecule is C=CCc1nc(COC(=O)C(=C)C)n(Cc2ccccc2)c1C. The van der Waals surface area contributed by atoms with Crippen molar-refractivity contribution < 1.29 is 9.53 Å². The van der Waals surface area contributed by atoms with E-state index in [-0.39, 0.29) is 6.61 Å². The van der Waals surface area contributed by atoms with E-state index in [4.69, 9.17) is 4.74 Å². The quantitative estimate of drug-likeness (QED) is 0.446. The molecule has 0 amide bonds. The fourth-order valence-electron chi connectivity index (χ4n) is 2.32. The van der Waals surface area contributed by atoms with Gasteiger partial charge in [-0.05, 0) is 19.4 Å². The molecule has 0 saturated carbocycles. The molecular formula is C19H22N2O2. The summed E-state index contributed by atoms with van der Waals surface area (Å²) in [6, 6.07) is 10.1. The van der Waals surface area contributed by atoms with Crippen LogP contribution in [0.2, 0.25) is 0 Å². The maximum absolute atomic E-state index is 11.6. The van der Waals surface area contributed by atoms with E-state index in [1.54, 1.807) is 6.92 Å². The molecule has 2 rings (SSSR count). The van der Waals surface area contributed by atoms with Crippen molar-refractivity contribution in [2.24, 2.45) is 0 Å². The van der Waals surface area contributed by atoms with Crippen LogP contribution in [0.4, 0.5) is 0 Å². The number of aromatic nitrogens is 2. The lowest BCUT2D eigenvalue weighted by Gasteiger charge is -2.11. The van der Waals surface area contributed by atoms with Crippen LogP contribution in [-0.2, 0) is 29.1 Å². The predicted molar refractivity (Wildman–Crippen MR) is 91.0 cm³/mol. The predicted octanol–water partition coefficient (Wildman–Crippen LogP) is 3.59. The minimum Gasteiger partial charge on any atom is -0.454 e. The molecule has 0 aliphatic heterocycles. The number of allylic oxidation sites excluding steroid dienone is 1. The van der Waals surface area contributed by atoms with Crippen molar-refractivity contribution >= 4 is 5.97 Å². The third kappa shape index (κ3) is 4.19. The van der Waals surface area contributed by atoms with Crippen LogP contribution in [0.15, 0.2) is 55.1 Å². The second kappa shape index (κ2) is 7.58. The van der Waals surface area contributed by atoms with Gasteiger partial charge in [0, 0.05) is 24.2 Å². The molecule has 0 N–H and O–H groups in total. The van der Waals surface area contributed by atoms with Crippen molar-refractivity contribution in [3.05, 3.63) is 77.9 Å². The Hall–Kier alpha value is -2.62. The summed E-state index contributed by atoms with van der Waals surface area (Å²) in [5.74, 6) is 0.333. The fourth-order valence-corrected chi connectivity index (χ4v) is 2.32. The summed E-state index contributed by atoms with van der Waals surface area (Å²) >= 11 is 0. The van der Waals surface area contributed by atoms with Crippen molar-refractivity contribution in [1.29, 1.82) is 0 Å². The second-order valence-corrected chi connectivity index (χ2v) is 5.48. The lowest BCUT2D eigenvalue weighted by atomic mass is 10.2. The first kappa shape index (κ1) is 16.7. The van der Waals surface area contributed by atoms with Crippen LogP contribution in [0.1, 0.15) is 29.7 Å². The Morgan fingerprint density at radius 3 is 2.65 bits per heavy atom. The average Bonchev–Trinajstić information content (AvgIpc) is 2.83. The van der Waals surface area contributed by atoms with Crippen LogP contribution in [-0.4, -0.2) is 15.5 Å². The molecule has 0 atom stereocenters. The zero-order valence-electron chi connectivity index (χ0n) is 13.7. The fraction of sp³-hybridized carbons (Fsp3) is 0.263. The molecule has 0 bridgehead atoms. The number of hydrogen-bond donors (Lipinski definition) is 0. The summed E-state index contributed by atoms with van der Waals surface area (Å²) in [6.45, 7) is 11.9. The largest absolute Gasteiger partial charge is 0.454 e. The first-order valence-electron chi connectivity index (χ1n) is 7.55. The maximum atomic E-state index is 11.6. The summed E-state index contributed by atoms with van der Waals surface area (Å²) in [4.78, 5) is 16.2. The van der Waals surface area contributed by atoms with Crippen LogP contribution in [0.25, 0.3) is 0 Å². The lowest BCUT2D eigenvalue weighted by molar-refractivity contribution is -0.140. The zero-order valence-corrected chi connectivity index (χ0v) is 13.7. The van der Waals surface area contributed by atoms with Gasteiger partial charge >= 0.3 is 5.97 Å². The molecule has 120 valence electrons. The zero-order chi connectivity index (χ0) is 16.8. The van der Waals surface area contributed by atoms with E-state index >= 15 is 0 Å². The van der Waals surface area contributed by atoms with Gasteiger partial charge in [0.1, 0.15) is 12.4 Å². The molecule has 2 aromatic rings. The second-order valence-electron chi connectivity index (χ2n) is 5.48. The van der Waals surface area contributed by atoms with Crippen LogP contribution in [0.3, 0.4) is 0 Å². The van der Waals surface area contributed by atoms with E-state index in [1.165, 1.54) is 5.56 Å². The lowest BCUT2D eigenvalue weighted by Crippen LogP contribution is -2.11. The first-order valence-corrected chi connectivity index (χ1v) is 7.55. The molecule has 0 spiro atoms. The van der Waals surface area contributed by atoms with Gasteiger partial charge in [0.15, 0.2) is 0 Å². The number of rotatable bonds is 7. The number of carbonyl (C=O) groups excluding carboxylic acids is 1. The van der Waals surface area contributed by atoms with E-state index in [0.29, 0.717) is 18.5 Å². The number of carbonyl (C=O) groups is 1. The number of ether oxygens (including phenoxy) is 1. The molecule has 0 aliphatic carbocycles. The Morgan fingerprint density at radius 1 is 1.35 bits per heavy atom. The van der Waals surface area contributed by atoms with Crippen LogP contribution in [0.5, 0.6) is 0 Å². The minimum absolute atomic E-state index is 0.135. The van der Waals surface area contributed by atoms with Crippen molar-refractivity contribution in [1.82, 2.24) is 9.55 Å². The number of benzene rings is 1. The van der Waals surface area contributed by atoms with Gasteiger partial charge in [-0.25, -0.2) is 9.78 Å². The Morgan fingerprint density at radius 2 is 2.04 bits per heavy atom. The first-order chi connectivity index (χ1) is 11.0. The molecule has 0 saturated heterocycles. The molecule has 1 aromatic heterocycles. The Balaban J connectivity index is 2.28. The van der Waals surface area contributed by atoms with Gasteiger partial charge in [0.2, 0.25) is 0 Å². The highest BCUT2D eigenvalue weighted by Gasteiger charge is 2.15. The number of esters is 1. The summed E-state index contributed by atoms with van der Waals surface area (Å²) in [5, 5.41) is 0. The van der Waals surface area contributed by atoms with E-state index in [1.807, 2.05) is 31.2 Å². The van der Waals surface area contributed by atoms with Gasteiger partial charge in [-0.15, -0.1) is 6.58 Å². The minimum atomic E-state index is -0.401. The summed E-state index contributed by atoms with van der Waals surface area (Å²) in [7, 11) is 0. The van der Waals surface area contributed by atoms with E-state index < -0.39 is 5.97 Å². The van der Waals surface area contributed by atoms with E-state index in [0.717, 1.165) is 17.2 Å². The van der Waals surface area contributed by atoms with Crippen LogP contribution < -0.4 is 0 Å². The van der Waals surface area contributed by atoms with Crippen molar-refractivity contribution in [3.63, 3.8) is 0 Å². The average molecular weight is 310 g/mol. The normalized spacial score (nSPS) is 10.3. The van der Waals surface area contributed by atoms with Gasteiger partial charge in [-0.1, -0.05) is 43.0 Å². The third-order valence-electron chi connectivity index (χ3n) is 3.60.